The fraction of sp³-hybridized carbons (Fsp3) is 0.467. The van der Waals surface area contributed by atoms with Gasteiger partial charge >= 0.3 is 5.97 Å². The molecule has 1 aromatic carbocycles. The number of rotatable bonds is 4. The minimum Gasteiger partial charge on any atom is -0.481 e. The van der Waals surface area contributed by atoms with Gasteiger partial charge in [-0.25, -0.2) is 0 Å². The van der Waals surface area contributed by atoms with Crippen LogP contribution in [-0.4, -0.2) is 23.5 Å². The molecule has 2 atom stereocenters. The zero-order valence-electron chi connectivity index (χ0n) is 11.3. The van der Waals surface area contributed by atoms with Gasteiger partial charge in [0, 0.05) is 17.8 Å². The molecule has 1 amide bonds. The largest absolute Gasteiger partial charge is 0.481 e. The summed E-state index contributed by atoms with van der Waals surface area (Å²) in [7, 11) is 0. The van der Waals surface area contributed by atoms with E-state index in [1.807, 2.05) is 0 Å². The zero-order chi connectivity index (χ0) is 14.5. The molecule has 20 heavy (non-hydrogen) atoms. The highest BCUT2D eigenvalue weighted by Crippen LogP contribution is 2.29. The van der Waals surface area contributed by atoms with Crippen LogP contribution >= 0.6 is 0 Å². The zero-order valence-corrected chi connectivity index (χ0v) is 11.3. The van der Waals surface area contributed by atoms with Crippen molar-refractivity contribution in [2.75, 3.05) is 12.3 Å². The highest BCUT2D eigenvalue weighted by molar-refractivity contribution is 5.94. The summed E-state index contributed by atoms with van der Waals surface area (Å²) in [6, 6.07) is 6.69. The van der Waals surface area contributed by atoms with Gasteiger partial charge in [-0.3, -0.25) is 9.59 Å². The Morgan fingerprint density at radius 3 is 2.50 bits per heavy atom. The predicted molar refractivity (Wildman–Crippen MR) is 76.3 cm³/mol. The SMILES string of the molecule is Nc1ccc(C(=O)NCC2CCCCC2C(=O)O)cc1. The molecule has 4 N–H and O–H groups in total. The summed E-state index contributed by atoms with van der Waals surface area (Å²) in [5.74, 6) is -1.24. The smallest absolute Gasteiger partial charge is 0.306 e. The van der Waals surface area contributed by atoms with Crippen LogP contribution in [0.25, 0.3) is 0 Å². The van der Waals surface area contributed by atoms with Gasteiger partial charge in [0.2, 0.25) is 0 Å². The van der Waals surface area contributed by atoms with E-state index in [2.05, 4.69) is 5.32 Å². The molecular formula is C15H20N2O3. The lowest BCUT2D eigenvalue weighted by atomic mass is 9.79. The molecule has 2 rings (SSSR count). The van der Waals surface area contributed by atoms with E-state index in [4.69, 9.17) is 5.73 Å². The molecule has 1 aliphatic carbocycles. The summed E-state index contributed by atoms with van der Waals surface area (Å²) in [5, 5.41) is 12.0. The van der Waals surface area contributed by atoms with Gasteiger partial charge in [-0.2, -0.15) is 0 Å². The lowest BCUT2D eigenvalue weighted by Crippen LogP contribution is -2.37. The third-order valence-corrected chi connectivity index (χ3v) is 3.92. The van der Waals surface area contributed by atoms with Gasteiger partial charge in [-0.05, 0) is 43.0 Å². The number of carbonyl (C=O) groups excluding carboxylic acids is 1. The summed E-state index contributed by atoms with van der Waals surface area (Å²) < 4.78 is 0. The van der Waals surface area contributed by atoms with Crippen molar-refractivity contribution in [1.82, 2.24) is 5.32 Å². The van der Waals surface area contributed by atoms with Crippen molar-refractivity contribution in [1.29, 1.82) is 0 Å². The maximum Gasteiger partial charge on any atom is 0.306 e. The molecule has 5 nitrogen and oxygen atoms in total. The number of hydrogen-bond donors (Lipinski definition) is 3. The molecule has 0 bridgehead atoms. The minimum atomic E-state index is -0.753. The Labute approximate surface area is 118 Å². The Morgan fingerprint density at radius 1 is 1.20 bits per heavy atom. The van der Waals surface area contributed by atoms with Gasteiger partial charge < -0.3 is 16.2 Å². The van der Waals surface area contributed by atoms with Crippen molar-refractivity contribution >= 4 is 17.6 Å². The van der Waals surface area contributed by atoms with Crippen LogP contribution in [0, 0.1) is 11.8 Å². The summed E-state index contributed by atoms with van der Waals surface area (Å²) in [6.45, 7) is 0.417. The number of carboxylic acid groups (broad SMARTS) is 1. The van der Waals surface area contributed by atoms with Crippen molar-refractivity contribution in [2.24, 2.45) is 11.8 Å². The fourth-order valence-corrected chi connectivity index (χ4v) is 2.74. The second kappa shape index (κ2) is 6.41. The maximum absolute atomic E-state index is 12.0. The average molecular weight is 276 g/mol. The Hall–Kier alpha value is -2.04. The number of benzene rings is 1. The van der Waals surface area contributed by atoms with Crippen LogP contribution in [0.2, 0.25) is 0 Å². The standard InChI is InChI=1S/C15H20N2O3/c16-12-7-5-10(6-8-12)14(18)17-9-11-3-1-2-4-13(11)15(19)20/h5-8,11,13H,1-4,9,16H2,(H,17,18)(H,19,20). The summed E-state index contributed by atoms with van der Waals surface area (Å²) >= 11 is 0. The Bertz CT molecular complexity index is 484. The van der Waals surface area contributed by atoms with Crippen molar-refractivity contribution in [3.05, 3.63) is 29.8 Å². The molecule has 0 aromatic heterocycles. The number of aliphatic carboxylic acids is 1. The third kappa shape index (κ3) is 3.50. The number of amides is 1. The molecule has 0 radical (unpaired) electrons. The minimum absolute atomic E-state index is 0.0268. The van der Waals surface area contributed by atoms with E-state index in [1.165, 1.54) is 0 Å². The molecular weight excluding hydrogens is 256 g/mol. The number of nitrogens with one attached hydrogen (secondary N) is 1. The monoisotopic (exact) mass is 276 g/mol. The van der Waals surface area contributed by atoms with Crippen LogP contribution in [-0.2, 0) is 4.79 Å². The number of carbonyl (C=O) groups is 2. The van der Waals surface area contributed by atoms with Crippen LogP contribution in [0.5, 0.6) is 0 Å². The molecule has 1 aliphatic rings. The van der Waals surface area contributed by atoms with Crippen LogP contribution in [0.15, 0.2) is 24.3 Å². The van der Waals surface area contributed by atoms with Crippen molar-refractivity contribution in [3.8, 4) is 0 Å². The molecule has 0 spiro atoms. The third-order valence-electron chi connectivity index (χ3n) is 3.92. The topological polar surface area (TPSA) is 92.4 Å². The Morgan fingerprint density at radius 2 is 1.85 bits per heavy atom. The molecule has 1 aromatic rings. The molecule has 5 heteroatoms. The highest BCUT2D eigenvalue weighted by atomic mass is 16.4. The van der Waals surface area contributed by atoms with Crippen LogP contribution in [0.4, 0.5) is 5.69 Å². The van der Waals surface area contributed by atoms with E-state index < -0.39 is 5.97 Å². The molecule has 0 heterocycles. The number of nitrogen functional groups attached to an aromatic ring is 1. The molecule has 0 aliphatic heterocycles. The van der Waals surface area contributed by atoms with Gasteiger partial charge in [-0.1, -0.05) is 12.8 Å². The van der Waals surface area contributed by atoms with Gasteiger partial charge in [0.25, 0.3) is 5.91 Å². The predicted octanol–water partition coefficient (Wildman–Crippen LogP) is 1.89. The number of carboxylic acids is 1. The van der Waals surface area contributed by atoms with Crippen molar-refractivity contribution in [2.45, 2.75) is 25.7 Å². The first-order chi connectivity index (χ1) is 9.58. The molecule has 108 valence electrons. The highest BCUT2D eigenvalue weighted by Gasteiger charge is 2.30. The van der Waals surface area contributed by atoms with E-state index >= 15 is 0 Å². The molecule has 1 fully saturated rings. The van der Waals surface area contributed by atoms with E-state index in [-0.39, 0.29) is 17.7 Å². The summed E-state index contributed by atoms with van der Waals surface area (Å²) in [5.41, 5.74) is 6.73. The lowest BCUT2D eigenvalue weighted by molar-refractivity contribution is -0.144. The van der Waals surface area contributed by atoms with Gasteiger partial charge in [0.15, 0.2) is 0 Å². The number of hydrogen-bond acceptors (Lipinski definition) is 3. The van der Waals surface area contributed by atoms with Crippen LogP contribution in [0.1, 0.15) is 36.0 Å². The fourth-order valence-electron chi connectivity index (χ4n) is 2.74. The average Bonchev–Trinajstić information content (AvgIpc) is 2.45. The number of nitrogens with two attached hydrogens (primary N) is 1. The first-order valence-corrected chi connectivity index (χ1v) is 6.94. The van der Waals surface area contributed by atoms with Crippen molar-refractivity contribution in [3.63, 3.8) is 0 Å². The molecule has 0 saturated heterocycles. The van der Waals surface area contributed by atoms with E-state index in [9.17, 15) is 14.7 Å². The quantitative estimate of drug-likeness (QED) is 0.732. The Balaban J connectivity index is 1.91. The Kier molecular flexibility index (Phi) is 4.61. The summed E-state index contributed by atoms with van der Waals surface area (Å²) in [4.78, 5) is 23.2. The first kappa shape index (κ1) is 14.4. The second-order valence-corrected chi connectivity index (χ2v) is 5.32. The van der Waals surface area contributed by atoms with Crippen LogP contribution in [0.3, 0.4) is 0 Å². The van der Waals surface area contributed by atoms with Crippen molar-refractivity contribution < 1.29 is 14.7 Å². The summed E-state index contributed by atoms with van der Waals surface area (Å²) in [6.07, 6.45) is 3.56. The van der Waals surface area contributed by atoms with E-state index in [0.717, 1.165) is 19.3 Å². The molecule has 2 unspecified atom stereocenters. The van der Waals surface area contributed by atoms with E-state index in [0.29, 0.717) is 24.2 Å². The maximum atomic E-state index is 12.0. The van der Waals surface area contributed by atoms with Gasteiger partial charge in [-0.15, -0.1) is 0 Å². The first-order valence-electron chi connectivity index (χ1n) is 6.94. The lowest BCUT2D eigenvalue weighted by Gasteiger charge is -2.28. The molecule has 1 saturated carbocycles. The van der Waals surface area contributed by atoms with Crippen LogP contribution < -0.4 is 11.1 Å². The second-order valence-electron chi connectivity index (χ2n) is 5.32. The normalized spacial score (nSPS) is 22.2. The van der Waals surface area contributed by atoms with Gasteiger partial charge in [0.05, 0.1) is 5.92 Å². The number of anilines is 1. The van der Waals surface area contributed by atoms with Gasteiger partial charge in [0.1, 0.15) is 0 Å². The van der Waals surface area contributed by atoms with E-state index in [1.54, 1.807) is 24.3 Å².